The summed E-state index contributed by atoms with van der Waals surface area (Å²) in [5.74, 6) is -1.94. The van der Waals surface area contributed by atoms with Crippen molar-refractivity contribution in [2.24, 2.45) is 0 Å². The number of nitrogens with zero attached hydrogens (tertiary/aromatic N) is 4. The van der Waals surface area contributed by atoms with E-state index in [1.807, 2.05) is 30.5 Å². The number of nitrogens with one attached hydrogen (secondary N) is 1. The lowest BCUT2D eigenvalue weighted by atomic mass is 10.00. The fourth-order valence-corrected chi connectivity index (χ4v) is 5.80. The fraction of sp³-hybridized carbons (Fsp3) is 0.300. The van der Waals surface area contributed by atoms with Gasteiger partial charge in [-0.25, -0.2) is 0 Å². The van der Waals surface area contributed by atoms with Crippen LogP contribution < -0.4 is 5.32 Å². The van der Waals surface area contributed by atoms with Crippen LogP contribution in [0.3, 0.4) is 0 Å². The van der Waals surface area contributed by atoms with E-state index in [1.165, 1.54) is 5.56 Å². The summed E-state index contributed by atoms with van der Waals surface area (Å²) < 4.78 is 0. The summed E-state index contributed by atoms with van der Waals surface area (Å²) in [6.45, 7) is 4.08. The molecule has 2 unspecified atom stereocenters. The van der Waals surface area contributed by atoms with Crippen molar-refractivity contribution < 1.29 is 19.2 Å². The second kappa shape index (κ2) is 10.5. The maximum absolute atomic E-state index is 13.2. The molecule has 198 valence electrons. The average Bonchev–Trinajstić information content (AvgIpc) is 3.20. The fourth-order valence-electron chi connectivity index (χ4n) is 5.80. The molecule has 4 amide bonds. The molecule has 9 nitrogen and oxygen atoms in total. The van der Waals surface area contributed by atoms with Gasteiger partial charge >= 0.3 is 0 Å². The molecular formula is C30H29N5O4. The van der Waals surface area contributed by atoms with Gasteiger partial charge in [-0.2, -0.15) is 0 Å². The zero-order valence-corrected chi connectivity index (χ0v) is 21.5. The number of carbonyl (C=O) groups is 4. The Morgan fingerprint density at radius 3 is 2.31 bits per heavy atom. The maximum Gasteiger partial charge on any atom is 0.262 e. The van der Waals surface area contributed by atoms with Crippen molar-refractivity contribution in [2.75, 3.05) is 26.2 Å². The topological polar surface area (TPSA) is 103 Å². The third-order valence-corrected chi connectivity index (χ3v) is 7.77. The largest absolute Gasteiger partial charge is 0.297 e. The lowest BCUT2D eigenvalue weighted by molar-refractivity contribution is -0.136. The van der Waals surface area contributed by atoms with Gasteiger partial charge in [0, 0.05) is 45.3 Å². The minimum atomic E-state index is -0.955. The smallest absolute Gasteiger partial charge is 0.262 e. The monoisotopic (exact) mass is 523 g/mol. The Labute approximate surface area is 226 Å². The van der Waals surface area contributed by atoms with Gasteiger partial charge in [-0.3, -0.25) is 44.2 Å². The van der Waals surface area contributed by atoms with Crippen molar-refractivity contribution in [3.63, 3.8) is 0 Å². The molecule has 0 aliphatic carbocycles. The SMILES string of the molecule is O=C1CCC(N2C(=O)c3ccc(CN4CCN(C(c5ccccc5)c5ccccn5)CC4)cc3C2=O)C(=O)N1. The Balaban J connectivity index is 1.14. The van der Waals surface area contributed by atoms with Crippen LogP contribution in [0.25, 0.3) is 0 Å². The molecule has 0 spiro atoms. The third-order valence-electron chi connectivity index (χ3n) is 7.77. The van der Waals surface area contributed by atoms with Crippen molar-refractivity contribution in [3.05, 3.63) is 101 Å². The molecule has 39 heavy (non-hydrogen) atoms. The van der Waals surface area contributed by atoms with Crippen molar-refractivity contribution >= 4 is 23.6 Å². The van der Waals surface area contributed by atoms with Crippen molar-refractivity contribution in [3.8, 4) is 0 Å². The highest BCUT2D eigenvalue weighted by molar-refractivity contribution is 6.23. The minimum absolute atomic E-state index is 0.0800. The van der Waals surface area contributed by atoms with Crippen molar-refractivity contribution in [2.45, 2.75) is 31.5 Å². The van der Waals surface area contributed by atoms with Gasteiger partial charge in [0.2, 0.25) is 11.8 Å². The van der Waals surface area contributed by atoms with Crippen LogP contribution in [0, 0.1) is 0 Å². The quantitative estimate of drug-likeness (QED) is 0.495. The molecule has 3 aromatic rings. The van der Waals surface area contributed by atoms with Gasteiger partial charge < -0.3 is 0 Å². The summed E-state index contributed by atoms with van der Waals surface area (Å²) in [4.78, 5) is 60.5. The number of imide groups is 2. The lowest BCUT2D eigenvalue weighted by Crippen LogP contribution is -2.54. The molecule has 6 rings (SSSR count). The minimum Gasteiger partial charge on any atom is -0.297 e. The highest BCUT2D eigenvalue weighted by Gasteiger charge is 2.44. The van der Waals surface area contributed by atoms with Crippen LogP contribution in [-0.2, 0) is 16.1 Å². The number of piperidine rings is 1. The second-order valence-corrected chi connectivity index (χ2v) is 10.2. The van der Waals surface area contributed by atoms with E-state index >= 15 is 0 Å². The van der Waals surface area contributed by atoms with Gasteiger partial charge in [0.05, 0.1) is 22.9 Å². The van der Waals surface area contributed by atoms with Gasteiger partial charge in [-0.05, 0) is 41.8 Å². The van der Waals surface area contributed by atoms with Gasteiger partial charge in [-0.15, -0.1) is 0 Å². The summed E-state index contributed by atoms with van der Waals surface area (Å²) >= 11 is 0. The summed E-state index contributed by atoms with van der Waals surface area (Å²) in [6.07, 6.45) is 2.09. The highest BCUT2D eigenvalue weighted by Crippen LogP contribution is 2.30. The van der Waals surface area contributed by atoms with E-state index in [1.54, 1.807) is 12.1 Å². The summed E-state index contributed by atoms with van der Waals surface area (Å²) in [5, 5.41) is 2.23. The Morgan fingerprint density at radius 1 is 0.846 bits per heavy atom. The molecule has 3 aliphatic heterocycles. The number of pyridine rings is 1. The summed E-state index contributed by atoms with van der Waals surface area (Å²) in [6, 6.07) is 20.9. The first-order valence-electron chi connectivity index (χ1n) is 13.3. The Hall–Kier alpha value is -4.21. The van der Waals surface area contributed by atoms with E-state index in [2.05, 4.69) is 50.4 Å². The van der Waals surface area contributed by atoms with E-state index < -0.39 is 23.8 Å². The van der Waals surface area contributed by atoms with Crippen LogP contribution in [-0.4, -0.2) is 75.5 Å². The van der Waals surface area contributed by atoms with Gasteiger partial charge in [0.25, 0.3) is 11.8 Å². The van der Waals surface area contributed by atoms with Crippen LogP contribution in [0.4, 0.5) is 0 Å². The average molecular weight is 524 g/mol. The normalized spacial score (nSPS) is 21.1. The number of hydrogen-bond donors (Lipinski definition) is 1. The predicted octanol–water partition coefficient (Wildman–Crippen LogP) is 2.39. The lowest BCUT2D eigenvalue weighted by Gasteiger charge is -2.39. The number of hydrogen-bond acceptors (Lipinski definition) is 7. The van der Waals surface area contributed by atoms with Gasteiger partial charge in [0.1, 0.15) is 6.04 Å². The maximum atomic E-state index is 13.2. The van der Waals surface area contributed by atoms with E-state index in [-0.39, 0.29) is 24.8 Å². The molecule has 1 N–H and O–H groups in total. The first-order chi connectivity index (χ1) is 19.0. The molecule has 2 fully saturated rings. The van der Waals surface area contributed by atoms with Crippen LogP contribution in [0.15, 0.2) is 72.9 Å². The Kier molecular flexibility index (Phi) is 6.76. The number of aromatic nitrogens is 1. The summed E-state index contributed by atoms with van der Waals surface area (Å²) in [7, 11) is 0. The Morgan fingerprint density at radius 2 is 1.59 bits per heavy atom. The molecule has 0 saturated carbocycles. The summed E-state index contributed by atoms with van der Waals surface area (Å²) in [5.41, 5.74) is 3.81. The second-order valence-electron chi connectivity index (χ2n) is 10.2. The van der Waals surface area contributed by atoms with Crippen LogP contribution >= 0.6 is 0 Å². The molecule has 1 aromatic heterocycles. The number of carbonyl (C=O) groups excluding carboxylic acids is 4. The molecular weight excluding hydrogens is 494 g/mol. The first-order valence-corrected chi connectivity index (χ1v) is 13.3. The number of fused-ring (bicyclic) bond motifs is 1. The molecule has 4 heterocycles. The van der Waals surface area contributed by atoms with Gasteiger partial charge in [-0.1, -0.05) is 42.5 Å². The molecule has 0 radical (unpaired) electrons. The van der Waals surface area contributed by atoms with Gasteiger partial charge in [0.15, 0.2) is 0 Å². The van der Waals surface area contributed by atoms with E-state index in [0.29, 0.717) is 17.7 Å². The Bertz CT molecular complexity index is 1380. The van der Waals surface area contributed by atoms with E-state index in [4.69, 9.17) is 0 Å². The number of benzene rings is 2. The highest BCUT2D eigenvalue weighted by atomic mass is 16.2. The molecule has 9 heteroatoms. The molecule has 2 saturated heterocycles. The first kappa shape index (κ1) is 25.1. The number of rotatable bonds is 6. The number of piperazine rings is 1. The predicted molar refractivity (Wildman–Crippen MR) is 142 cm³/mol. The molecule has 3 aliphatic rings. The van der Waals surface area contributed by atoms with Crippen LogP contribution in [0.2, 0.25) is 0 Å². The third kappa shape index (κ3) is 4.86. The van der Waals surface area contributed by atoms with Crippen molar-refractivity contribution in [1.82, 2.24) is 25.0 Å². The van der Waals surface area contributed by atoms with E-state index in [0.717, 1.165) is 42.3 Å². The molecule has 2 atom stereocenters. The van der Waals surface area contributed by atoms with Crippen molar-refractivity contribution in [1.29, 1.82) is 0 Å². The zero-order chi connectivity index (χ0) is 26.9. The molecule has 0 bridgehead atoms. The van der Waals surface area contributed by atoms with Crippen LogP contribution in [0.5, 0.6) is 0 Å². The zero-order valence-electron chi connectivity index (χ0n) is 21.5. The van der Waals surface area contributed by atoms with E-state index in [9.17, 15) is 19.2 Å². The standard InChI is InChI=1S/C30H29N5O4/c36-26-12-11-25(28(37)32-26)35-29(38)22-10-9-20(18-23(22)30(35)39)19-33-14-16-34(17-15-33)27(21-6-2-1-3-7-21)24-8-4-5-13-31-24/h1-10,13,18,25,27H,11-12,14-17,19H2,(H,32,36,37). The van der Waals surface area contributed by atoms with Crippen LogP contribution in [0.1, 0.15) is 56.4 Å². The molecule has 2 aromatic carbocycles. The number of amides is 4.